The molecule has 1 heterocycles. The Hall–Kier alpha value is -0.930. The number of rotatable bonds is 2. The maximum atomic E-state index is 3.56. The average molecular weight is 262 g/mol. The fourth-order valence-corrected chi connectivity index (χ4v) is 3.04. The highest BCUT2D eigenvalue weighted by Gasteiger charge is 2.20. The van der Waals surface area contributed by atoms with Crippen LogP contribution < -0.4 is 0 Å². The van der Waals surface area contributed by atoms with Gasteiger partial charge in [0.25, 0.3) is 0 Å². The van der Waals surface area contributed by atoms with Crippen LogP contribution in [0.1, 0.15) is 32.0 Å². The van der Waals surface area contributed by atoms with Gasteiger partial charge in [0.2, 0.25) is 0 Å². The molecule has 18 heavy (non-hydrogen) atoms. The topological polar surface area (TPSA) is 19.0 Å². The summed E-state index contributed by atoms with van der Waals surface area (Å²) >= 11 is 1.76. The van der Waals surface area contributed by atoms with E-state index >= 15 is 0 Å². The molecule has 0 spiro atoms. The van der Waals surface area contributed by atoms with E-state index in [1.807, 2.05) is 0 Å². The summed E-state index contributed by atoms with van der Waals surface area (Å²) in [5.41, 5.74) is 4.11. The largest absolute Gasteiger partial charge is 0.358 e. The summed E-state index contributed by atoms with van der Waals surface area (Å²) in [6.45, 7) is 8.96. The van der Waals surface area contributed by atoms with E-state index in [0.29, 0.717) is 0 Å². The lowest BCUT2D eigenvalue weighted by atomic mass is 9.89. The van der Waals surface area contributed by atoms with Gasteiger partial charge in [0.15, 0.2) is 0 Å². The van der Waals surface area contributed by atoms with Gasteiger partial charge in [0.05, 0.1) is 0 Å². The van der Waals surface area contributed by atoms with Crippen molar-refractivity contribution in [3.63, 3.8) is 0 Å². The normalized spacial score (nSPS) is 12.6. The van der Waals surface area contributed by atoms with Gasteiger partial charge in [-0.05, 0) is 56.7 Å². The summed E-state index contributed by atoms with van der Waals surface area (Å²) in [7, 11) is 4.14. The van der Waals surface area contributed by atoms with Crippen LogP contribution in [-0.4, -0.2) is 23.4 Å². The highest BCUT2D eigenvalue weighted by molar-refractivity contribution is 7.97. The lowest BCUT2D eigenvalue weighted by molar-refractivity contribution is 0.570. The number of benzene rings is 1. The van der Waals surface area contributed by atoms with Gasteiger partial charge in [-0.3, -0.25) is 4.31 Å². The molecular weight excluding hydrogens is 240 g/mol. The second kappa shape index (κ2) is 4.63. The first kappa shape index (κ1) is 13.5. The molecule has 0 aliphatic carbocycles. The molecule has 0 unspecified atom stereocenters. The van der Waals surface area contributed by atoms with Gasteiger partial charge in [-0.2, -0.15) is 0 Å². The third-order valence-electron chi connectivity index (χ3n) is 3.07. The summed E-state index contributed by atoms with van der Waals surface area (Å²) in [6, 6.07) is 6.64. The SMILES string of the molecule is Cc1c(C(C)(C)C)[nH]c2ccc(SN(C)C)cc12. The number of H-pyrrole nitrogens is 1. The van der Waals surface area contributed by atoms with Crippen LogP contribution in [0.15, 0.2) is 23.1 Å². The zero-order valence-electron chi connectivity index (χ0n) is 12.1. The van der Waals surface area contributed by atoms with Gasteiger partial charge < -0.3 is 4.98 Å². The predicted molar refractivity (Wildman–Crippen MR) is 81.3 cm³/mol. The van der Waals surface area contributed by atoms with Crippen molar-refractivity contribution >= 4 is 22.9 Å². The molecule has 0 aliphatic heterocycles. The van der Waals surface area contributed by atoms with Crippen molar-refractivity contribution in [3.8, 4) is 0 Å². The van der Waals surface area contributed by atoms with Crippen molar-refractivity contribution in [1.29, 1.82) is 0 Å². The molecule has 2 rings (SSSR count). The van der Waals surface area contributed by atoms with Crippen molar-refractivity contribution in [2.45, 2.75) is 38.0 Å². The number of fused-ring (bicyclic) bond motifs is 1. The number of aryl methyl sites for hydroxylation is 1. The molecule has 0 amide bonds. The first-order chi connectivity index (χ1) is 8.29. The molecule has 1 aromatic heterocycles. The van der Waals surface area contributed by atoms with E-state index in [2.05, 4.69) is 69.3 Å². The Labute approximate surface area is 114 Å². The highest BCUT2D eigenvalue weighted by atomic mass is 32.2. The second-order valence-electron chi connectivity index (χ2n) is 5.99. The van der Waals surface area contributed by atoms with Crippen molar-refractivity contribution < 1.29 is 0 Å². The van der Waals surface area contributed by atoms with E-state index in [1.54, 1.807) is 11.9 Å². The van der Waals surface area contributed by atoms with Crippen LogP contribution >= 0.6 is 11.9 Å². The Morgan fingerprint density at radius 3 is 2.39 bits per heavy atom. The smallest absolute Gasteiger partial charge is 0.0459 e. The summed E-state index contributed by atoms with van der Waals surface area (Å²) in [6.07, 6.45) is 0. The van der Waals surface area contributed by atoms with Crippen molar-refractivity contribution in [1.82, 2.24) is 9.29 Å². The quantitative estimate of drug-likeness (QED) is 0.812. The molecule has 1 N–H and O–H groups in total. The average Bonchev–Trinajstić information content (AvgIpc) is 2.55. The van der Waals surface area contributed by atoms with Gasteiger partial charge in [0.1, 0.15) is 0 Å². The number of hydrogen-bond donors (Lipinski definition) is 1. The molecule has 3 heteroatoms. The molecule has 1 aromatic carbocycles. The summed E-state index contributed by atoms with van der Waals surface area (Å²) < 4.78 is 2.12. The van der Waals surface area contributed by atoms with E-state index < -0.39 is 0 Å². The molecule has 0 saturated carbocycles. The summed E-state index contributed by atoms with van der Waals surface area (Å²) in [5, 5.41) is 1.34. The molecule has 0 bridgehead atoms. The van der Waals surface area contributed by atoms with Crippen LogP contribution in [0, 0.1) is 6.92 Å². The minimum absolute atomic E-state index is 0.165. The highest BCUT2D eigenvalue weighted by Crippen LogP contribution is 2.33. The lowest BCUT2D eigenvalue weighted by Crippen LogP contribution is -2.12. The minimum Gasteiger partial charge on any atom is -0.358 e. The zero-order chi connectivity index (χ0) is 13.5. The van der Waals surface area contributed by atoms with E-state index in [1.165, 1.54) is 27.1 Å². The maximum Gasteiger partial charge on any atom is 0.0459 e. The Morgan fingerprint density at radius 2 is 1.83 bits per heavy atom. The van der Waals surface area contributed by atoms with Crippen molar-refractivity contribution in [2.75, 3.05) is 14.1 Å². The molecular formula is C15H22N2S. The lowest BCUT2D eigenvalue weighted by Gasteiger charge is -2.17. The van der Waals surface area contributed by atoms with Gasteiger partial charge in [-0.15, -0.1) is 0 Å². The van der Waals surface area contributed by atoms with Gasteiger partial charge in [-0.1, -0.05) is 20.8 Å². The number of aromatic nitrogens is 1. The zero-order valence-corrected chi connectivity index (χ0v) is 12.9. The first-order valence-electron chi connectivity index (χ1n) is 6.27. The molecule has 0 saturated heterocycles. The standard InChI is InChI=1S/C15H22N2S/c1-10-12-9-11(18-17(5)6)7-8-13(12)16-14(10)15(2,3)4/h7-9,16H,1-6H3. The first-order valence-corrected chi connectivity index (χ1v) is 7.04. The van der Waals surface area contributed by atoms with Crippen LogP contribution in [0.25, 0.3) is 10.9 Å². The number of hydrogen-bond acceptors (Lipinski definition) is 2. The van der Waals surface area contributed by atoms with E-state index in [4.69, 9.17) is 0 Å². The van der Waals surface area contributed by atoms with Crippen LogP contribution in [0.3, 0.4) is 0 Å². The minimum atomic E-state index is 0.165. The third-order valence-corrected chi connectivity index (χ3v) is 3.90. The number of aromatic amines is 1. The molecule has 0 radical (unpaired) electrons. The van der Waals surface area contributed by atoms with Crippen LogP contribution in [0.4, 0.5) is 0 Å². The van der Waals surface area contributed by atoms with Crippen LogP contribution in [0.5, 0.6) is 0 Å². The van der Waals surface area contributed by atoms with Crippen LogP contribution in [0.2, 0.25) is 0 Å². The van der Waals surface area contributed by atoms with Gasteiger partial charge in [-0.25, -0.2) is 0 Å². The third kappa shape index (κ3) is 2.57. The van der Waals surface area contributed by atoms with Crippen molar-refractivity contribution in [3.05, 3.63) is 29.5 Å². The van der Waals surface area contributed by atoms with Gasteiger partial charge >= 0.3 is 0 Å². The maximum absolute atomic E-state index is 3.56. The summed E-state index contributed by atoms with van der Waals surface area (Å²) in [4.78, 5) is 4.85. The Kier molecular flexibility index (Phi) is 3.47. The summed E-state index contributed by atoms with van der Waals surface area (Å²) in [5.74, 6) is 0. The Balaban J connectivity index is 2.53. The number of nitrogens with zero attached hydrogens (tertiary/aromatic N) is 1. The molecule has 0 fully saturated rings. The second-order valence-corrected chi connectivity index (χ2v) is 7.37. The molecule has 2 nitrogen and oxygen atoms in total. The molecule has 0 atom stereocenters. The Bertz CT molecular complexity index is 562. The molecule has 0 aliphatic rings. The predicted octanol–water partition coefficient (Wildman–Crippen LogP) is 4.34. The monoisotopic (exact) mass is 262 g/mol. The van der Waals surface area contributed by atoms with Crippen LogP contribution in [-0.2, 0) is 5.41 Å². The van der Waals surface area contributed by atoms with E-state index in [0.717, 1.165) is 0 Å². The Morgan fingerprint density at radius 1 is 1.17 bits per heavy atom. The van der Waals surface area contributed by atoms with E-state index in [9.17, 15) is 0 Å². The molecule has 2 aromatic rings. The molecule has 98 valence electrons. The van der Waals surface area contributed by atoms with Crippen molar-refractivity contribution in [2.24, 2.45) is 0 Å². The van der Waals surface area contributed by atoms with E-state index in [-0.39, 0.29) is 5.41 Å². The fraction of sp³-hybridized carbons (Fsp3) is 0.467. The fourth-order valence-electron chi connectivity index (χ4n) is 2.32. The van der Waals surface area contributed by atoms with Gasteiger partial charge in [0, 0.05) is 26.9 Å². The number of nitrogens with one attached hydrogen (secondary N) is 1.